The summed E-state index contributed by atoms with van der Waals surface area (Å²) >= 11 is 1.84. The van der Waals surface area contributed by atoms with Crippen molar-refractivity contribution in [2.45, 2.75) is 32.6 Å². The van der Waals surface area contributed by atoms with Crippen molar-refractivity contribution in [2.75, 3.05) is 12.4 Å². The molecule has 0 saturated carbocycles. The molecule has 0 bridgehead atoms. The van der Waals surface area contributed by atoms with Gasteiger partial charge in [-0.15, -0.1) is 11.3 Å². The number of benzene rings is 1. The maximum absolute atomic E-state index is 5.22. The summed E-state index contributed by atoms with van der Waals surface area (Å²) in [6, 6.07) is 7.95. The molecule has 0 unspecified atom stereocenters. The standard InChI is InChI=1S/C18H19N3OS/c1-3-15-20-17(19-11-7-9-12(22-2)10-8-11)16-13-5-4-6-14(13)23-18(16)21-15/h7-10H,3-6H2,1-2H3,(H,19,20,21). The highest BCUT2D eigenvalue weighted by Crippen LogP contribution is 2.40. The maximum Gasteiger partial charge on any atom is 0.143 e. The fourth-order valence-corrected chi connectivity index (χ4v) is 4.38. The van der Waals surface area contributed by atoms with Gasteiger partial charge < -0.3 is 10.1 Å². The van der Waals surface area contributed by atoms with E-state index in [4.69, 9.17) is 14.7 Å². The maximum atomic E-state index is 5.22. The Morgan fingerprint density at radius 2 is 2.00 bits per heavy atom. The molecule has 23 heavy (non-hydrogen) atoms. The normalized spacial score (nSPS) is 13.3. The van der Waals surface area contributed by atoms with Crippen molar-refractivity contribution in [3.8, 4) is 5.75 Å². The van der Waals surface area contributed by atoms with E-state index in [1.54, 1.807) is 7.11 Å². The molecule has 4 nitrogen and oxygen atoms in total. The minimum absolute atomic E-state index is 0.843. The first-order chi connectivity index (χ1) is 11.3. The molecule has 0 spiro atoms. The van der Waals surface area contributed by atoms with Crippen LogP contribution < -0.4 is 10.1 Å². The molecule has 0 radical (unpaired) electrons. The van der Waals surface area contributed by atoms with Gasteiger partial charge in [0, 0.05) is 17.0 Å². The van der Waals surface area contributed by atoms with Crippen LogP contribution in [-0.2, 0) is 19.3 Å². The summed E-state index contributed by atoms with van der Waals surface area (Å²) in [7, 11) is 1.68. The number of hydrogen-bond donors (Lipinski definition) is 1. The third-order valence-electron chi connectivity index (χ3n) is 4.28. The minimum atomic E-state index is 0.843. The Morgan fingerprint density at radius 3 is 2.74 bits per heavy atom. The van der Waals surface area contributed by atoms with E-state index in [0.717, 1.165) is 40.8 Å². The van der Waals surface area contributed by atoms with Gasteiger partial charge in [0.05, 0.1) is 12.5 Å². The van der Waals surface area contributed by atoms with Crippen molar-refractivity contribution in [2.24, 2.45) is 0 Å². The monoisotopic (exact) mass is 325 g/mol. The molecule has 0 aliphatic heterocycles. The average molecular weight is 325 g/mol. The lowest BCUT2D eigenvalue weighted by Crippen LogP contribution is -2.00. The zero-order valence-electron chi connectivity index (χ0n) is 13.3. The predicted octanol–water partition coefficient (Wildman–Crippen LogP) is 4.49. The summed E-state index contributed by atoms with van der Waals surface area (Å²) in [4.78, 5) is 12.1. The smallest absolute Gasteiger partial charge is 0.143 e. The van der Waals surface area contributed by atoms with E-state index in [1.165, 1.54) is 28.7 Å². The van der Waals surface area contributed by atoms with E-state index in [9.17, 15) is 0 Å². The summed E-state index contributed by atoms with van der Waals surface area (Å²) in [5.74, 6) is 2.69. The summed E-state index contributed by atoms with van der Waals surface area (Å²) in [5, 5.41) is 4.71. The fraction of sp³-hybridized carbons (Fsp3) is 0.333. The molecule has 1 aliphatic rings. The Kier molecular flexibility index (Phi) is 3.65. The van der Waals surface area contributed by atoms with Crippen LogP contribution in [0.1, 0.15) is 29.6 Å². The summed E-state index contributed by atoms with van der Waals surface area (Å²) < 4.78 is 5.22. The van der Waals surface area contributed by atoms with Crippen LogP contribution in [0.15, 0.2) is 24.3 Å². The Morgan fingerprint density at radius 1 is 1.17 bits per heavy atom. The van der Waals surface area contributed by atoms with E-state index in [-0.39, 0.29) is 0 Å². The lowest BCUT2D eigenvalue weighted by atomic mass is 10.2. The number of rotatable bonds is 4. The molecule has 1 aromatic carbocycles. The largest absolute Gasteiger partial charge is 0.497 e. The second kappa shape index (κ2) is 5.81. The van der Waals surface area contributed by atoms with Gasteiger partial charge in [-0.1, -0.05) is 6.92 Å². The minimum Gasteiger partial charge on any atom is -0.497 e. The van der Waals surface area contributed by atoms with Gasteiger partial charge in [0.25, 0.3) is 0 Å². The molecular formula is C18H19N3OS. The van der Waals surface area contributed by atoms with Gasteiger partial charge in [0.2, 0.25) is 0 Å². The van der Waals surface area contributed by atoms with Gasteiger partial charge in [0.1, 0.15) is 22.2 Å². The zero-order valence-corrected chi connectivity index (χ0v) is 14.2. The Bertz CT molecular complexity index is 855. The molecule has 4 rings (SSSR count). The Balaban J connectivity index is 1.80. The van der Waals surface area contributed by atoms with Crippen molar-refractivity contribution >= 4 is 33.1 Å². The predicted molar refractivity (Wildman–Crippen MR) is 95.1 cm³/mol. The zero-order chi connectivity index (χ0) is 15.8. The van der Waals surface area contributed by atoms with Gasteiger partial charge in [-0.3, -0.25) is 0 Å². The Labute approximate surface area is 139 Å². The van der Waals surface area contributed by atoms with Crippen LogP contribution in [0.4, 0.5) is 11.5 Å². The second-order valence-corrected chi connectivity index (χ2v) is 6.82. The molecule has 3 aromatic rings. The molecule has 0 atom stereocenters. The first kappa shape index (κ1) is 14.5. The van der Waals surface area contributed by atoms with Crippen molar-refractivity contribution in [1.29, 1.82) is 0 Å². The fourth-order valence-electron chi connectivity index (χ4n) is 3.10. The van der Waals surface area contributed by atoms with Crippen LogP contribution in [0.3, 0.4) is 0 Å². The Hall–Kier alpha value is -2.14. The summed E-state index contributed by atoms with van der Waals surface area (Å²) in [6.07, 6.45) is 4.41. The van der Waals surface area contributed by atoms with Crippen LogP contribution in [-0.4, -0.2) is 17.1 Å². The molecule has 2 heterocycles. The summed E-state index contributed by atoms with van der Waals surface area (Å²) in [6.45, 7) is 2.10. The molecule has 1 N–H and O–H groups in total. The van der Waals surface area contributed by atoms with Crippen LogP contribution in [0.25, 0.3) is 10.2 Å². The second-order valence-electron chi connectivity index (χ2n) is 5.73. The van der Waals surface area contributed by atoms with Gasteiger partial charge in [-0.2, -0.15) is 0 Å². The summed E-state index contributed by atoms with van der Waals surface area (Å²) in [5.41, 5.74) is 2.47. The van der Waals surface area contributed by atoms with Crippen molar-refractivity contribution in [3.63, 3.8) is 0 Å². The SMILES string of the molecule is CCc1nc(Nc2ccc(OC)cc2)c2c3c(sc2n1)CCC3. The molecular weight excluding hydrogens is 306 g/mol. The number of hydrogen-bond acceptors (Lipinski definition) is 5. The van der Waals surface area contributed by atoms with Gasteiger partial charge in [0.15, 0.2) is 0 Å². The van der Waals surface area contributed by atoms with Crippen LogP contribution in [0.2, 0.25) is 0 Å². The number of methoxy groups -OCH3 is 1. The number of fused-ring (bicyclic) bond motifs is 3. The van der Waals surface area contributed by atoms with Gasteiger partial charge in [-0.05, 0) is 49.1 Å². The molecule has 0 amide bonds. The first-order valence-corrected chi connectivity index (χ1v) is 8.82. The molecule has 0 fully saturated rings. The topological polar surface area (TPSA) is 47.0 Å². The number of anilines is 2. The molecule has 5 heteroatoms. The van der Waals surface area contributed by atoms with E-state index in [2.05, 4.69) is 12.2 Å². The van der Waals surface area contributed by atoms with E-state index >= 15 is 0 Å². The number of nitrogens with zero attached hydrogens (tertiary/aromatic N) is 2. The van der Waals surface area contributed by atoms with Crippen molar-refractivity contribution in [3.05, 3.63) is 40.5 Å². The molecule has 1 aliphatic carbocycles. The van der Waals surface area contributed by atoms with Crippen molar-refractivity contribution < 1.29 is 4.74 Å². The highest BCUT2D eigenvalue weighted by Gasteiger charge is 2.22. The number of nitrogens with one attached hydrogen (secondary N) is 1. The van der Waals surface area contributed by atoms with E-state index in [0.29, 0.717) is 0 Å². The number of aromatic nitrogens is 2. The molecule has 2 aromatic heterocycles. The van der Waals surface area contributed by atoms with Crippen LogP contribution >= 0.6 is 11.3 Å². The van der Waals surface area contributed by atoms with Gasteiger partial charge in [-0.25, -0.2) is 9.97 Å². The van der Waals surface area contributed by atoms with E-state index in [1.807, 2.05) is 35.6 Å². The molecule has 118 valence electrons. The molecule has 0 saturated heterocycles. The van der Waals surface area contributed by atoms with Crippen LogP contribution in [0.5, 0.6) is 5.75 Å². The first-order valence-electron chi connectivity index (χ1n) is 8.00. The highest BCUT2D eigenvalue weighted by molar-refractivity contribution is 7.19. The lowest BCUT2D eigenvalue weighted by Gasteiger charge is -2.10. The highest BCUT2D eigenvalue weighted by atomic mass is 32.1. The number of ether oxygens (including phenoxy) is 1. The third-order valence-corrected chi connectivity index (χ3v) is 5.47. The lowest BCUT2D eigenvalue weighted by molar-refractivity contribution is 0.415. The van der Waals surface area contributed by atoms with Crippen LogP contribution in [0, 0.1) is 0 Å². The number of aryl methyl sites for hydroxylation is 3. The van der Waals surface area contributed by atoms with Gasteiger partial charge >= 0.3 is 0 Å². The average Bonchev–Trinajstić information content (AvgIpc) is 3.15. The third kappa shape index (κ3) is 2.55. The van der Waals surface area contributed by atoms with E-state index < -0.39 is 0 Å². The van der Waals surface area contributed by atoms with Crippen molar-refractivity contribution in [1.82, 2.24) is 9.97 Å². The quantitative estimate of drug-likeness (QED) is 0.767. The number of thiophene rings is 1.